The first kappa shape index (κ1) is 15.7. The van der Waals surface area contributed by atoms with Crippen LogP contribution in [0.5, 0.6) is 0 Å². The minimum atomic E-state index is -0.0858. The molecule has 0 aliphatic carbocycles. The molecule has 2 atom stereocenters. The predicted molar refractivity (Wildman–Crippen MR) is 79.9 cm³/mol. The molecule has 0 aromatic heterocycles. The van der Waals surface area contributed by atoms with Crippen molar-refractivity contribution in [2.45, 2.75) is 46.1 Å². The van der Waals surface area contributed by atoms with Crippen LogP contribution < -0.4 is 11.1 Å². The molecule has 106 valence electrons. The maximum absolute atomic E-state index is 12.0. The van der Waals surface area contributed by atoms with E-state index in [1.54, 1.807) is 0 Å². The zero-order chi connectivity index (χ0) is 14.4. The Morgan fingerprint density at radius 3 is 2.11 bits per heavy atom. The van der Waals surface area contributed by atoms with Crippen molar-refractivity contribution in [3.8, 4) is 0 Å². The number of rotatable bonds is 6. The second-order valence-corrected chi connectivity index (χ2v) is 5.39. The van der Waals surface area contributed by atoms with E-state index in [4.69, 9.17) is 5.73 Å². The van der Waals surface area contributed by atoms with Gasteiger partial charge in [-0.15, -0.1) is 0 Å². The predicted octanol–water partition coefficient (Wildman–Crippen LogP) is 2.97. The summed E-state index contributed by atoms with van der Waals surface area (Å²) < 4.78 is 0. The Labute approximate surface area is 116 Å². The third kappa shape index (κ3) is 4.35. The lowest BCUT2D eigenvalue weighted by Crippen LogP contribution is -2.36. The molecule has 0 saturated heterocycles. The van der Waals surface area contributed by atoms with E-state index in [1.807, 2.05) is 13.8 Å². The average molecular weight is 262 g/mol. The van der Waals surface area contributed by atoms with E-state index in [0.29, 0.717) is 12.5 Å². The van der Waals surface area contributed by atoms with Gasteiger partial charge in [0.05, 0.1) is 6.04 Å². The van der Waals surface area contributed by atoms with Gasteiger partial charge in [-0.2, -0.15) is 0 Å². The molecule has 1 rings (SSSR count). The molecule has 0 aliphatic rings. The number of hydrogen-bond donors (Lipinski definition) is 2. The van der Waals surface area contributed by atoms with E-state index in [9.17, 15) is 4.79 Å². The van der Waals surface area contributed by atoms with Crippen molar-refractivity contribution in [3.63, 3.8) is 0 Å². The lowest BCUT2D eigenvalue weighted by molar-refractivity contribution is -0.125. The molecule has 0 aliphatic heterocycles. The van der Waals surface area contributed by atoms with Crippen LogP contribution in [-0.4, -0.2) is 12.5 Å². The Kier molecular flexibility index (Phi) is 6.03. The smallest absolute Gasteiger partial charge is 0.224 e. The fourth-order valence-corrected chi connectivity index (χ4v) is 2.04. The molecule has 1 aromatic carbocycles. The number of nitrogens with two attached hydrogens (primary N) is 1. The highest BCUT2D eigenvalue weighted by Gasteiger charge is 2.17. The van der Waals surface area contributed by atoms with Gasteiger partial charge in [-0.25, -0.2) is 0 Å². The van der Waals surface area contributed by atoms with Crippen LogP contribution in [0.3, 0.4) is 0 Å². The molecule has 0 heterocycles. The summed E-state index contributed by atoms with van der Waals surface area (Å²) in [7, 11) is 0. The van der Waals surface area contributed by atoms with E-state index in [-0.39, 0.29) is 17.9 Å². The number of hydrogen-bond acceptors (Lipinski definition) is 2. The number of carbonyl (C=O) groups is 1. The summed E-state index contributed by atoms with van der Waals surface area (Å²) in [5.41, 5.74) is 8.04. The van der Waals surface area contributed by atoms with Crippen molar-refractivity contribution in [2.24, 2.45) is 11.7 Å². The third-order valence-corrected chi connectivity index (χ3v) is 3.61. The van der Waals surface area contributed by atoms with Crippen LogP contribution in [0.25, 0.3) is 0 Å². The summed E-state index contributed by atoms with van der Waals surface area (Å²) in [5, 5.41) is 3.03. The largest absolute Gasteiger partial charge is 0.349 e. The van der Waals surface area contributed by atoms with Crippen LogP contribution in [0.4, 0.5) is 0 Å². The van der Waals surface area contributed by atoms with E-state index < -0.39 is 0 Å². The zero-order valence-electron chi connectivity index (χ0n) is 12.4. The van der Waals surface area contributed by atoms with Gasteiger partial charge in [-0.1, -0.05) is 45.0 Å². The SMILES string of the molecule is CCC(CN)C(=O)NC(C)c1ccc(C(C)C)cc1. The molecule has 0 bridgehead atoms. The zero-order valence-corrected chi connectivity index (χ0v) is 12.4. The topological polar surface area (TPSA) is 55.1 Å². The van der Waals surface area contributed by atoms with Crippen molar-refractivity contribution >= 4 is 5.91 Å². The van der Waals surface area contributed by atoms with Crippen molar-refractivity contribution in [1.29, 1.82) is 0 Å². The minimum absolute atomic E-state index is 0.0225. The van der Waals surface area contributed by atoms with Gasteiger partial charge in [0.2, 0.25) is 5.91 Å². The van der Waals surface area contributed by atoms with E-state index in [2.05, 4.69) is 43.4 Å². The van der Waals surface area contributed by atoms with Crippen LogP contribution in [0.1, 0.15) is 57.2 Å². The summed E-state index contributed by atoms with van der Waals surface area (Å²) in [6.45, 7) is 8.74. The molecule has 0 radical (unpaired) electrons. The molecule has 3 N–H and O–H groups in total. The average Bonchev–Trinajstić information content (AvgIpc) is 2.40. The summed E-state index contributed by atoms with van der Waals surface area (Å²) in [5.74, 6) is 0.489. The molecular weight excluding hydrogens is 236 g/mol. The molecule has 1 aromatic rings. The summed E-state index contributed by atoms with van der Waals surface area (Å²) in [4.78, 5) is 12.0. The van der Waals surface area contributed by atoms with Crippen LogP contribution >= 0.6 is 0 Å². The minimum Gasteiger partial charge on any atom is -0.349 e. The van der Waals surface area contributed by atoms with Crippen LogP contribution in [-0.2, 0) is 4.79 Å². The molecule has 3 heteroatoms. The van der Waals surface area contributed by atoms with Crippen molar-refractivity contribution < 1.29 is 4.79 Å². The molecule has 3 nitrogen and oxygen atoms in total. The molecule has 19 heavy (non-hydrogen) atoms. The molecule has 0 spiro atoms. The standard InChI is InChI=1S/C16H26N2O/c1-5-13(10-17)16(19)18-12(4)15-8-6-14(7-9-15)11(2)3/h6-9,11-13H,5,10,17H2,1-4H3,(H,18,19). The highest BCUT2D eigenvalue weighted by Crippen LogP contribution is 2.19. The fourth-order valence-electron chi connectivity index (χ4n) is 2.04. The van der Waals surface area contributed by atoms with Crippen LogP contribution in [0, 0.1) is 5.92 Å². The number of amides is 1. The first-order valence-electron chi connectivity index (χ1n) is 7.09. The van der Waals surface area contributed by atoms with Crippen LogP contribution in [0.2, 0.25) is 0 Å². The third-order valence-electron chi connectivity index (χ3n) is 3.61. The first-order valence-corrected chi connectivity index (χ1v) is 7.09. The Morgan fingerprint density at radius 1 is 1.16 bits per heavy atom. The van der Waals surface area contributed by atoms with E-state index in [1.165, 1.54) is 5.56 Å². The van der Waals surface area contributed by atoms with E-state index >= 15 is 0 Å². The van der Waals surface area contributed by atoms with Gasteiger partial charge in [-0.05, 0) is 30.4 Å². The molecular formula is C16H26N2O. The number of nitrogens with one attached hydrogen (secondary N) is 1. The van der Waals surface area contributed by atoms with Gasteiger partial charge in [0, 0.05) is 12.5 Å². The second kappa shape index (κ2) is 7.29. The Balaban J connectivity index is 2.67. The van der Waals surface area contributed by atoms with Gasteiger partial charge < -0.3 is 11.1 Å². The second-order valence-electron chi connectivity index (χ2n) is 5.39. The number of carbonyl (C=O) groups excluding carboxylic acids is 1. The monoisotopic (exact) mass is 262 g/mol. The van der Waals surface area contributed by atoms with E-state index in [0.717, 1.165) is 12.0 Å². The van der Waals surface area contributed by atoms with Gasteiger partial charge in [-0.3, -0.25) is 4.79 Å². The molecule has 2 unspecified atom stereocenters. The summed E-state index contributed by atoms with van der Waals surface area (Å²) in [6.07, 6.45) is 0.779. The summed E-state index contributed by atoms with van der Waals surface area (Å²) >= 11 is 0. The fraction of sp³-hybridized carbons (Fsp3) is 0.562. The maximum Gasteiger partial charge on any atom is 0.224 e. The molecule has 0 saturated carbocycles. The van der Waals surface area contributed by atoms with Gasteiger partial charge in [0.15, 0.2) is 0 Å². The van der Waals surface area contributed by atoms with Crippen molar-refractivity contribution in [2.75, 3.05) is 6.54 Å². The summed E-state index contributed by atoms with van der Waals surface area (Å²) in [6, 6.07) is 8.45. The van der Waals surface area contributed by atoms with Crippen LogP contribution in [0.15, 0.2) is 24.3 Å². The highest BCUT2D eigenvalue weighted by atomic mass is 16.1. The van der Waals surface area contributed by atoms with Crippen molar-refractivity contribution in [1.82, 2.24) is 5.32 Å². The number of benzene rings is 1. The normalized spacial score (nSPS) is 14.2. The van der Waals surface area contributed by atoms with Gasteiger partial charge >= 0.3 is 0 Å². The van der Waals surface area contributed by atoms with Crippen molar-refractivity contribution in [3.05, 3.63) is 35.4 Å². The lowest BCUT2D eigenvalue weighted by Gasteiger charge is -2.19. The molecule has 1 amide bonds. The quantitative estimate of drug-likeness (QED) is 0.828. The lowest BCUT2D eigenvalue weighted by atomic mass is 9.99. The Morgan fingerprint density at radius 2 is 1.68 bits per heavy atom. The Hall–Kier alpha value is -1.35. The van der Waals surface area contributed by atoms with Gasteiger partial charge in [0.25, 0.3) is 0 Å². The molecule has 0 fully saturated rings. The highest BCUT2D eigenvalue weighted by molar-refractivity contribution is 5.79. The maximum atomic E-state index is 12.0. The first-order chi connectivity index (χ1) is 8.99. The van der Waals surface area contributed by atoms with Gasteiger partial charge in [0.1, 0.15) is 0 Å². The Bertz CT molecular complexity index is 394.